The summed E-state index contributed by atoms with van der Waals surface area (Å²) in [5.41, 5.74) is 3.55. The molecule has 6 nitrogen and oxygen atoms in total. The van der Waals surface area contributed by atoms with Gasteiger partial charge in [0.25, 0.3) is 0 Å². The molecule has 0 amide bonds. The van der Waals surface area contributed by atoms with Gasteiger partial charge < -0.3 is 19.6 Å². The number of benzene rings is 2. The van der Waals surface area contributed by atoms with Crippen molar-refractivity contribution in [1.29, 1.82) is 0 Å². The second-order valence-corrected chi connectivity index (χ2v) is 9.40. The van der Waals surface area contributed by atoms with Gasteiger partial charge in [-0.1, -0.05) is 29.4 Å². The lowest BCUT2D eigenvalue weighted by Gasteiger charge is -2.28. The van der Waals surface area contributed by atoms with E-state index in [0.717, 1.165) is 30.9 Å². The fourth-order valence-corrected chi connectivity index (χ4v) is 4.51. The van der Waals surface area contributed by atoms with Crippen LogP contribution in [0.4, 0.5) is 13.2 Å². The Labute approximate surface area is 216 Å². The third-order valence-corrected chi connectivity index (χ3v) is 6.22. The topological polar surface area (TPSA) is 69.2 Å². The third kappa shape index (κ3) is 7.95. The van der Waals surface area contributed by atoms with Crippen molar-refractivity contribution in [3.8, 4) is 5.75 Å². The zero-order valence-electron chi connectivity index (χ0n) is 21.8. The van der Waals surface area contributed by atoms with E-state index in [1.54, 1.807) is 19.9 Å². The van der Waals surface area contributed by atoms with E-state index in [1.807, 2.05) is 19.1 Å². The van der Waals surface area contributed by atoms with Gasteiger partial charge in [0.2, 0.25) is 0 Å². The minimum absolute atomic E-state index is 0.0955. The molecule has 2 aromatic carbocycles. The summed E-state index contributed by atoms with van der Waals surface area (Å²) in [5, 5.41) is 7.76. The number of halogens is 3. The lowest BCUT2D eigenvalue weighted by Crippen LogP contribution is -2.27. The summed E-state index contributed by atoms with van der Waals surface area (Å²) < 4.78 is 50.6. The Morgan fingerprint density at radius 1 is 1.22 bits per heavy atom. The molecule has 0 spiro atoms. The Morgan fingerprint density at radius 2 is 2.00 bits per heavy atom. The molecule has 3 rings (SSSR count). The fraction of sp³-hybridized carbons (Fsp3) is 0.500. The maximum absolute atomic E-state index is 13.5. The van der Waals surface area contributed by atoms with Crippen LogP contribution in [0, 0.1) is 0 Å². The Hall–Kier alpha value is -3.07. The summed E-state index contributed by atoms with van der Waals surface area (Å²) >= 11 is 0. The van der Waals surface area contributed by atoms with Crippen molar-refractivity contribution in [3.05, 3.63) is 64.2 Å². The molecule has 1 atom stereocenters. The van der Waals surface area contributed by atoms with Gasteiger partial charge in [-0.3, -0.25) is 4.79 Å². The molecule has 0 saturated heterocycles. The number of esters is 1. The lowest BCUT2D eigenvalue weighted by molar-refractivity contribution is -0.141. The smallest absolute Gasteiger partial charge is 0.419 e. The average Bonchev–Trinajstić information content (AvgIpc) is 2.85. The molecular weight excluding hydrogens is 485 g/mol. The molecule has 1 aliphatic carbocycles. The Morgan fingerprint density at radius 3 is 2.70 bits per heavy atom. The molecule has 202 valence electrons. The number of hydrogen-bond donors (Lipinski definition) is 1. The second-order valence-electron chi connectivity index (χ2n) is 9.40. The minimum atomic E-state index is -4.54. The Bertz CT molecular complexity index is 1100. The first-order valence-corrected chi connectivity index (χ1v) is 12.6. The van der Waals surface area contributed by atoms with Crippen LogP contribution < -0.4 is 10.1 Å². The summed E-state index contributed by atoms with van der Waals surface area (Å²) in [5.74, 6) is -0.412. The van der Waals surface area contributed by atoms with Crippen LogP contribution in [0.5, 0.6) is 5.75 Å². The maximum Gasteiger partial charge on any atom is 0.419 e. The van der Waals surface area contributed by atoms with Gasteiger partial charge in [-0.2, -0.15) is 13.2 Å². The normalized spacial score (nSPS) is 15.9. The Balaban J connectivity index is 1.68. The van der Waals surface area contributed by atoms with Crippen LogP contribution in [-0.4, -0.2) is 31.4 Å². The van der Waals surface area contributed by atoms with Crippen LogP contribution in [0.15, 0.2) is 41.6 Å². The van der Waals surface area contributed by atoms with Crippen LogP contribution in [-0.2, 0) is 33.6 Å². The number of methoxy groups -OCH3 is 1. The van der Waals surface area contributed by atoms with Gasteiger partial charge in [-0.25, -0.2) is 0 Å². The molecule has 1 unspecified atom stereocenters. The van der Waals surface area contributed by atoms with E-state index >= 15 is 0 Å². The predicted molar refractivity (Wildman–Crippen MR) is 136 cm³/mol. The summed E-state index contributed by atoms with van der Waals surface area (Å²) in [7, 11) is 1.39. The van der Waals surface area contributed by atoms with E-state index in [4.69, 9.17) is 14.3 Å². The number of nitrogens with zero attached hydrogens (tertiary/aromatic N) is 1. The van der Waals surface area contributed by atoms with Crippen LogP contribution in [0.25, 0.3) is 0 Å². The van der Waals surface area contributed by atoms with Gasteiger partial charge in [-0.15, -0.1) is 0 Å². The van der Waals surface area contributed by atoms with Gasteiger partial charge in [0.15, 0.2) is 0 Å². The number of hydrogen-bond acceptors (Lipinski definition) is 6. The van der Waals surface area contributed by atoms with E-state index in [1.165, 1.54) is 24.3 Å². The Kier molecular flexibility index (Phi) is 9.97. The zero-order chi connectivity index (χ0) is 27.0. The van der Waals surface area contributed by atoms with Gasteiger partial charge in [0, 0.05) is 18.0 Å². The molecule has 9 heteroatoms. The van der Waals surface area contributed by atoms with Crippen molar-refractivity contribution in [2.24, 2.45) is 5.16 Å². The molecular formula is C28H35F3N2O4. The standard InChI is InChI=1S/C28H35F3N2O4/c1-18(2)37-26-14-13-20(16-24(26)28(29,30)31)17-36-33-19(3)21-8-5-10-23-22(21)9-6-11-25(23)32-15-7-12-27(34)35-4/h5,8,10,13-14,16,18,25,32H,6-7,9,11-12,15,17H2,1-4H3/b33-19+. The van der Waals surface area contributed by atoms with E-state index in [-0.39, 0.29) is 30.5 Å². The lowest BCUT2D eigenvalue weighted by atomic mass is 9.84. The highest BCUT2D eigenvalue weighted by Gasteiger charge is 2.35. The molecule has 2 aromatic rings. The van der Waals surface area contributed by atoms with Crippen molar-refractivity contribution in [2.75, 3.05) is 13.7 Å². The molecule has 0 aromatic heterocycles. The number of carbonyl (C=O) groups excluding carboxylic acids is 1. The number of carbonyl (C=O) groups is 1. The molecule has 0 aliphatic heterocycles. The highest BCUT2D eigenvalue weighted by Crippen LogP contribution is 2.37. The van der Waals surface area contributed by atoms with Gasteiger partial charge >= 0.3 is 12.1 Å². The highest BCUT2D eigenvalue weighted by atomic mass is 19.4. The average molecular weight is 521 g/mol. The summed E-state index contributed by atoms with van der Waals surface area (Å²) in [4.78, 5) is 16.8. The second kappa shape index (κ2) is 12.9. The molecule has 0 radical (unpaired) electrons. The molecule has 0 heterocycles. The number of alkyl halides is 3. The number of oxime groups is 1. The summed E-state index contributed by atoms with van der Waals surface area (Å²) in [6.07, 6.45) is -0.909. The third-order valence-electron chi connectivity index (χ3n) is 6.22. The first-order valence-electron chi connectivity index (χ1n) is 12.6. The van der Waals surface area contributed by atoms with Crippen molar-refractivity contribution < 1.29 is 32.3 Å². The van der Waals surface area contributed by atoms with E-state index < -0.39 is 11.7 Å². The first kappa shape index (κ1) is 28.5. The van der Waals surface area contributed by atoms with E-state index in [2.05, 4.69) is 16.5 Å². The molecule has 1 N–H and O–H groups in total. The van der Waals surface area contributed by atoms with Crippen molar-refractivity contribution in [3.63, 3.8) is 0 Å². The number of rotatable bonds is 11. The van der Waals surface area contributed by atoms with Crippen LogP contribution in [0.2, 0.25) is 0 Å². The van der Waals surface area contributed by atoms with Crippen LogP contribution >= 0.6 is 0 Å². The highest BCUT2D eigenvalue weighted by molar-refractivity contribution is 6.00. The predicted octanol–water partition coefficient (Wildman–Crippen LogP) is 6.35. The van der Waals surface area contributed by atoms with Crippen LogP contribution in [0.3, 0.4) is 0 Å². The van der Waals surface area contributed by atoms with Crippen molar-refractivity contribution in [2.45, 2.75) is 77.8 Å². The number of fused-ring (bicyclic) bond motifs is 1. The number of nitrogens with one attached hydrogen (secondary N) is 1. The summed E-state index contributed by atoms with van der Waals surface area (Å²) in [6, 6.07) is 10.2. The zero-order valence-corrected chi connectivity index (χ0v) is 21.8. The quantitative estimate of drug-likeness (QED) is 0.162. The SMILES string of the molecule is COC(=O)CCCNC1CCCc2c(/C(C)=N/OCc3ccc(OC(C)C)c(C(F)(F)F)c3)cccc21. The minimum Gasteiger partial charge on any atom is -0.490 e. The van der Waals surface area contributed by atoms with E-state index in [9.17, 15) is 18.0 Å². The van der Waals surface area contributed by atoms with E-state index in [0.29, 0.717) is 30.7 Å². The van der Waals surface area contributed by atoms with Crippen LogP contribution in [0.1, 0.15) is 80.3 Å². The summed E-state index contributed by atoms with van der Waals surface area (Å²) in [6.45, 7) is 5.81. The van der Waals surface area contributed by atoms with Crippen molar-refractivity contribution >= 4 is 11.7 Å². The van der Waals surface area contributed by atoms with Gasteiger partial charge in [0.05, 0.1) is 24.5 Å². The molecule has 0 fully saturated rings. The largest absolute Gasteiger partial charge is 0.490 e. The number of ether oxygens (including phenoxy) is 2. The maximum atomic E-state index is 13.5. The van der Waals surface area contributed by atoms with Crippen molar-refractivity contribution in [1.82, 2.24) is 5.32 Å². The molecule has 0 bridgehead atoms. The molecule has 1 aliphatic rings. The molecule has 37 heavy (non-hydrogen) atoms. The van der Waals surface area contributed by atoms with Gasteiger partial charge in [-0.05, 0) is 81.8 Å². The monoisotopic (exact) mass is 520 g/mol. The van der Waals surface area contributed by atoms with Gasteiger partial charge in [0.1, 0.15) is 12.4 Å². The fourth-order valence-electron chi connectivity index (χ4n) is 4.51. The first-order chi connectivity index (χ1) is 17.6. The molecule has 0 saturated carbocycles.